The Kier molecular flexibility index (Phi) is 6.14. The molecule has 3 nitrogen and oxygen atoms in total. The number of benzene rings is 1. The molecule has 0 amide bonds. The van der Waals surface area contributed by atoms with E-state index in [1.54, 1.807) is 0 Å². The summed E-state index contributed by atoms with van der Waals surface area (Å²) in [7, 11) is 0. The van der Waals surface area contributed by atoms with Crippen molar-refractivity contribution in [3.05, 3.63) is 58.4 Å². The first-order valence-electron chi connectivity index (χ1n) is 7.93. The zero-order chi connectivity index (χ0) is 16.4. The molecule has 0 saturated heterocycles. The molecule has 0 aliphatic rings. The van der Waals surface area contributed by atoms with Crippen LogP contribution in [-0.4, -0.2) is 9.55 Å². The van der Waals surface area contributed by atoms with Gasteiger partial charge in [0.05, 0.1) is 0 Å². The number of rotatable bonds is 5. The molecule has 0 radical (unpaired) electrons. The SMILES string of the molecule is CCCn1c(C)c(C)c2ccnc(OCc3cccc(Cl)c3)c21.Cl. The van der Waals surface area contributed by atoms with Gasteiger partial charge in [0.15, 0.2) is 0 Å². The summed E-state index contributed by atoms with van der Waals surface area (Å²) in [6.45, 7) is 7.93. The number of fused-ring (bicyclic) bond motifs is 1. The molecule has 3 aromatic rings. The summed E-state index contributed by atoms with van der Waals surface area (Å²) in [4.78, 5) is 4.47. The number of pyridine rings is 1. The van der Waals surface area contributed by atoms with Crippen molar-refractivity contribution in [1.82, 2.24) is 9.55 Å². The number of aromatic nitrogens is 2. The predicted molar refractivity (Wildman–Crippen MR) is 103 cm³/mol. The summed E-state index contributed by atoms with van der Waals surface area (Å²) in [6.07, 6.45) is 2.89. The Morgan fingerprint density at radius 2 is 2.00 bits per heavy atom. The van der Waals surface area contributed by atoms with Crippen LogP contribution in [0.25, 0.3) is 10.9 Å². The van der Waals surface area contributed by atoms with Gasteiger partial charge >= 0.3 is 0 Å². The van der Waals surface area contributed by atoms with E-state index in [0.29, 0.717) is 12.5 Å². The molecule has 24 heavy (non-hydrogen) atoms. The molecule has 0 spiro atoms. The molecule has 0 atom stereocenters. The van der Waals surface area contributed by atoms with Crippen molar-refractivity contribution in [2.24, 2.45) is 0 Å². The highest BCUT2D eigenvalue weighted by molar-refractivity contribution is 6.30. The van der Waals surface area contributed by atoms with Gasteiger partial charge in [0.1, 0.15) is 12.1 Å². The largest absolute Gasteiger partial charge is 0.471 e. The number of hydrogen-bond acceptors (Lipinski definition) is 2. The number of nitrogens with zero attached hydrogens (tertiary/aromatic N) is 2. The lowest BCUT2D eigenvalue weighted by molar-refractivity contribution is 0.296. The molecule has 1 aromatic carbocycles. The van der Waals surface area contributed by atoms with Crippen LogP contribution >= 0.6 is 24.0 Å². The maximum absolute atomic E-state index is 6.04. The van der Waals surface area contributed by atoms with E-state index in [4.69, 9.17) is 16.3 Å². The Hall–Kier alpha value is -1.71. The second kappa shape index (κ2) is 7.91. The zero-order valence-electron chi connectivity index (χ0n) is 14.2. The molecule has 0 bridgehead atoms. The maximum atomic E-state index is 6.04. The minimum absolute atomic E-state index is 0. The lowest BCUT2D eigenvalue weighted by Crippen LogP contribution is -2.03. The van der Waals surface area contributed by atoms with Gasteiger partial charge in [-0.3, -0.25) is 0 Å². The highest BCUT2D eigenvalue weighted by atomic mass is 35.5. The number of hydrogen-bond donors (Lipinski definition) is 0. The van der Waals surface area contributed by atoms with E-state index in [9.17, 15) is 0 Å². The molecule has 0 aliphatic heterocycles. The second-order valence-electron chi connectivity index (χ2n) is 5.79. The average Bonchev–Trinajstić information content (AvgIpc) is 2.79. The van der Waals surface area contributed by atoms with Gasteiger partial charge in [-0.2, -0.15) is 0 Å². The molecule has 0 unspecified atom stereocenters. The van der Waals surface area contributed by atoms with Crippen molar-refractivity contribution in [1.29, 1.82) is 0 Å². The molecule has 0 saturated carbocycles. The Balaban J connectivity index is 0.00000208. The molecule has 0 N–H and O–H groups in total. The van der Waals surface area contributed by atoms with Gasteiger partial charge in [-0.1, -0.05) is 30.7 Å². The molecule has 3 rings (SSSR count). The lowest BCUT2D eigenvalue weighted by atomic mass is 10.2. The summed E-state index contributed by atoms with van der Waals surface area (Å²) < 4.78 is 8.34. The zero-order valence-corrected chi connectivity index (χ0v) is 15.7. The van der Waals surface area contributed by atoms with E-state index in [2.05, 4.69) is 36.4 Å². The van der Waals surface area contributed by atoms with Gasteiger partial charge in [-0.15, -0.1) is 12.4 Å². The van der Waals surface area contributed by atoms with Crippen LogP contribution in [0.2, 0.25) is 5.02 Å². The first-order chi connectivity index (χ1) is 11.1. The number of halogens is 2. The fourth-order valence-electron chi connectivity index (χ4n) is 2.95. The Bertz CT molecular complexity index is 843. The molecular formula is C19H22Cl2N2O. The highest BCUT2D eigenvalue weighted by Gasteiger charge is 2.15. The first kappa shape index (κ1) is 18.6. The van der Waals surface area contributed by atoms with Crippen molar-refractivity contribution in [2.75, 3.05) is 0 Å². The Morgan fingerprint density at radius 1 is 1.21 bits per heavy atom. The Morgan fingerprint density at radius 3 is 2.71 bits per heavy atom. The minimum Gasteiger partial charge on any atom is -0.471 e. The average molecular weight is 365 g/mol. The van der Waals surface area contributed by atoms with Gasteiger partial charge in [-0.25, -0.2) is 4.98 Å². The smallest absolute Gasteiger partial charge is 0.238 e. The van der Waals surface area contributed by atoms with Crippen molar-refractivity contribution in [3.8, 4) is 5.88 Å². The molecule has 128 valence electrons. The summed E-state index contributed by atoms with van der Waals surface area (Å²) in [5, 5.41) is 1.94. The van der Waals surface area contributed by atoms with Crippen molar-refractivity contribution < 1.29 is 4.74 Å². The topological polar surface area (TPSA) is 27.1 Å². The lowest BCUT2D eigenvalue weighted by Gasteiger charge is -2.11. The van der Waals surface area contributed by atoms with Gasteiger partial charge < -0.3 is 9.30 Å². The number of ether oxygens (including phenoxy) is 1. The van der Waals surface area contributed by atoms with Gasteiger partial charge in [-0.05, 0) is 49.6 Å². The van der Waals surface area contributed by atoms with Gasteiger partial charge in [0, 0.05) is 28.8 Å². The first-order valence-corrected chi connectivity index (χ1v) is 8.31. The van der Waals surface area contributed by atoms with Gasteiger partial charge in [0.25, 0.3) is 0 Å². The number of aryl methyl sites for hydroxylation is 2. The third-order valence-electron chi connectivity index (χ3n) is 4.22. The highest BCUT2D eigenvalue weighted by Crippen LogP contribution is 2.31. The fourth-order valence-corrected chi connectivity index (χ4v) is 3.16. The molecule has 0 aliphatic carbocycles. The van der Waals surface area contributed by atoms with Crippen LogP contribution in [-0.2, 0) is 13.2 Å². The predicted octanol–water partition coefficient (Wildman–Crippen LogP) is 5.72. The van der Waals surface area contributed by atoms with Crippen molar-refractivity contribution in [2.45, 2.75) is 40.3 Å². The van der Waals surface area contributed by atoms with Gasteiger partial charge in [0.2, 0.25) is 5.88 Å². The second-order valence-corrected chi connectivity index (χ2v) is 6.23. The van der Waals surface area contributed by atoms with E-state index in [-0.39, 0.29) is 12.4 Å². The van der Waals surface area contributed by atoms with E-state index in [1.807, 2.05) is 30.5 Å². The quantitative estimate of drug-likeness (QED) is 0.578. The normalized spacial score (nSPS) is 10.7. The minimum atomic E-state index is 0. The monoisotopic (exact) mass is 364 g/mol. The maximum Gasteiger partial charge on any atom is 0.238 e. The third-order valence-corrected chi connectivity index (χ3v) is 4.46. The molecule has 2 heterocycles. The van der Waals surface area contributed by atoms with Crippen LogP contribution in [0, 0.1) is 13.8 Å². The van der Waals surface area contributed by atoms with Crippen molar-refractivity contribution in [3.63, 3.8) is 0 Å². The fraction of sp³-hybridized carbons (Fsp3) is 0.316. The van der Waals surface area contributed by atoms with Crippen LogP contribution < -0.4 is 4.74 Å². The van der Waals surface area contributed by atoms with E-state index >= 15 is 0 Å². The Labute approximate surface area is 154 Å². The summed E-state index contributed by atoms with van der Waals surface area (Å²) in [6, 6.07) is 9.79. The molecule has 2 aromatic heterocycles. The standard InChI is InChI=1S/C19H21ClN2O.ClH/c1-4-10-22-14(3)13(2)17-8-9-21-19(18(17)22)23-12-15-6-5-7-16(20)11-15;/h5-9,11H,4,10,12H2,1-3H3;1H. The summed E-state index contributed by atoms with van der Waals surface area (Å²) >= 11 is 6.04. The van der Waals surface area contributed by atoms with Crippen LogP contribution in [0.3, 0.4) is 0 Å². The summed E-state index contributed by atoms with van der Waals surface area (Å²) in [5.74, 6) is 0.687. The molecular weight excluding hydrogens is 343 g/mol. The van der Waals surface area contributed by atoms with Crippen molar-refractivity contribution >= 4 is 34.9 Å². The molecule has 0 fully saturated rings. The van der Waals surface area contributed by atoms with E-state index in [1.165, 1.54) is 16.6 Å². The molecule has 5 heteroatoms. The van der Waals surface area contributed by atoms with E-state index in [0.717, 1.165) is 29.1 Å². The third kappa shape index (κ3) is 3.52. The van der Waals surface area contributed by atoms with Crippen LogP contribution in [0.1, 0.15) is 30.2 Å². The van der Waals surface area contributed by atoms with Crippen LogP contribution in [0.5, 0.6) is 5.88 Å². The summed E-state index contributed by atoms with van der Waals surface area (Å²) in [5.41, 5.74) is 4.70. The van der Waals surface area contributed by atoms with Crippen LogP contribution in [0.4, 0.5) is 0 Å². The van der Waals surface area contributed by atoms with E-state index < -0.39 is 0 Å². The van der Waals surface area contributed by atoms with Crippen LogP contribution in [0.15, 0.2) is 36.5 Å².